The van der Waals surface area contributed by atoms with Gasteiger partial charge in [0.15, 0.2) is 0 Å². The lowest BCUT2D eigenvalue weighted by Crippen LogP contribution is -2.44. The van der Waals surface area contributed by atoms with E-state index in [2.05, 4.69) is 5.32 Å². The van der Waals surface area contributed by atoms with Crippen LogP contribution in [0.5, 0.6) is 0 Å². The van der Waals surface area contributed by atoms with Gasteiger partial charge in [-0.1, -0.05) is 26.0 Å². The van der Waals surface area contributed by atoms with Gasteiger partial charge in [0, 0.05) is 12.1 Å². The van der Waals surface area contributed by atoms with E-state index in [1.165, 1.54) is 0 Å². The van der Waals surface area contributed by atoms with E-state index in [0.717, 1.165) is 5.56 Å². The van der Waals surface area contributed by atoms with E-state index < -0.39 is 12.0 Å². The number of carbonyl (C=O) groups excluding carboxylic acids is 1. The average Bonchev–Trinajstić information content (AvgIpc) is 2.35. The first kappa shape index (κ1) is 14.2. The number of carboxylic acid groups (broad SMARTS) is 1. The monoisotopic (exact) mass is 250 g/mol. The number of nitrogens with two attached hydrogens (primary N) is 1. The van der Waals surface area contributed by atoms with Crippen molar-refractivity contribution in [1.82, 2.24) is 5.32 Å². The number of carboxylic acids is 1. The normalized spacial score (nSPS) is 12.2. The van der Waals surface area contributed by atoms with E-state index in [4.69, 9.17) is 10.8 Å². The summed E-state index contributed by atoms with van der Waals surface area (Å²) in [5.41, 5.74) is 6.81. The van der Waals surface area contributed by atoms with Gasteiger partial charge >= 0.3 is 5.97 Å². The number of aliphatic carboxylic acids is 1. The second-order valence-corrected chi connectivity index (χ2v) is 4.43. The first-order valence-corrected chi connectivity index (χ1v) is 5.78. The summed E-state index contributed by atoms with van der Waals surface area (Å²) in [5.74, 6) is -1.59. The van der Waals surface area contributed by atoms with Crippen molar-refractivity contribution in [2.24, 2.45) is 11.7 Å². The Hall–Kier alpha value is -1.88. The second kappa shape index (κ2) is 6.16. The summed E-state index contributed by atoms with van der Waals surface area (Å²) in [4.78, 5) is 22.8. The molecule has 0 saturated heterocycles. The van der Waals surface area contributed by atoms with Crippen LogP contribution in [0.1, 0.15) is 29.8 Å². The molecule has 1 aromatic rings. The Morgan fingerprint density at radius 3 is 2.22 bits per heavy atom. The highest BCUT2D eigenvalue weighted by molar-refractivity contribution is 5.96. The van der Waals surface area contributed by atoms with Gasteiger partial charge in [-0.25, -0.2) is 4.79 Å². The molecule has 18 heavy (non-hydrogen) atoms. The molecular formula is C13H18N2O3. The smallest absolute Gasteiger partial charge is 0.326 e. The molecule has 0 spiro atoms. The van der Waals surface area contributed by atoms with Crippen LogP contribution in [0.25, 0.3) is 0 Å². The SMILES string of the molecule is CC(C)[C@@H](NC(=O)c1ccc(CN)cc1)C(=O)O. The fourth-order valence-electron chi connectivity index (χ4n) is 1.53. The molecule has 4 N–H and O–H groups in total. The van der Waals surface area contributed by atoms with Gasteiger partial charge in [-0.15, -0.1) is 0 Å². The molecule has 98 valence electrons. The van der Waals surface area contributed by atoms with Crippen LogP contribution in [0.2, 0.25) is 0 Å². The van der Waals surface area contributed by atoms with Crippen LogP contribution in [0.3, 0.4) is 0 Å². The third kappa shape index (κ3) is 3.56. The topological polar surface area (TPSA) is 92.4 Å². The zero-order chi connectivity index (χ0) is 13.7. The van der Waals surface area contributed by atoms with E-state index in [1.807, 2.05) is 0 Å². The lowest BCUT2D eigenvalue weighted by Gasteiger charge is -2.17. The average molecular weight is 250 g/mol. The summed E-state index contributed by atoms with van der Waals surface area (Å²) in [7, 11) is 0. The van der Waals surface area contributed by atoms with E-state index in [1.54, 1.807) is 38.1 Å². The van der Waals surface area contributed by atoms with Crippen LogP contribution in [0, 0.1) is 5.92 Å². The Morgan fingerprint density at radius 1 is 1.28 bits per heavy atom. The molecule has 1 aromatic carbocycles. The molecule has 0 aromatic heterocycles. The Labute approximate surface area is 106 Å². The molecule has 1 amide bonds. The van der Waals surface area contributed by atoms with Gasteiger partial charge in [-0.05, 0) is 23.6 Å². The van der Waals surface area contributed by atoms with E-state index in [-0.39, 0.29) is 11.8 Å². The zero-order valence-corrected chi connectivity index (χ0v) is 10.5. The van der Waals surface area contributed by atoms with Crippen molar-refractivity contribution in [2.45, 2.75) is 26.4 Å². The molecule has 0 radical (unpaired) electrons. The molecule has 1 rings (SSSR count). The second-order valence-electron chi connectivity index (χ2n) is 4.43. The van der Waals surface area contributed by atoms with Crippen LogP contribution in [0.15, 0.2) is 24.3 Å². The van der Waals surface area contributed by atoms with Gasteiger partial charge in [0.2, 0.25) is 0 Å². The van der Waals surface area contributed by atoms with Crippen molar-refractivity contribution in [3.63, 3.8) is 0 Å². The van der Waals surface area contributed by atoms with Gasteiger partial charge < -0.3 is 16.2 Å². The maximum absolute atomic E-state index is 11.9. The Bertz CT molecular complexity index is 426. The van der Waals surface area contributed by atoms with Gasteiger partial charge in [-0.2, -0.15) is 0 Å². The van der Waals surface area contributed by atoms with Crippen molar-refractivity contribution in [3.05, 3.63) is 35.4 Å². The molecule has 0 unspecified atom stereocenters. The van der Waals surface area contributed by atoms with Crippen molar-refractivity contribution in [3.8, 4) is 0 Å². The van der Waals surface area contributed by atoms with Crippen LogP contribution >= 0.6 is 0 Å². The van der Waals surface area contributed by atoms with Crippen LogP contribution in [0.4, 0.5) is 0 Å². The molecule has 0 aliphatic heterocycles. The Balaban J connectivity index is 2.77. The third-order valence-corrected chi connectivity index (χ3v) is 2.67. The molecule has 0 aliphatic carbocycles. The number of benzene rings is 1. The highest BCUT2D eigenvalue weighted by atomic mass is 16.4. The summed E-state index contributed by atoms with van der Waals surface area (Å²) in [6.07, 6.45) is 0. The van der Waals surface area contributed by atoms with Crippen LogP contribution in [-0.4, -0.2) is 23.0 Å². The third-order valence-electron chi connectivity index (χ3n) is 2.67. The minimum absolute atomic E-state index is 0.172. The first-order chi connectivity index (χ1) is 8.45. The first-order valence-electron chi connectivity index (χ1n) is 5.78. The molecule has 0 saturated carbocycles. The molecule has 1 atom stereocenters. The molecule has 5 heteroatoms. The number of hydrogen-bond acceptors (Lipinski definition) is 3. The summed E-state index contributed by atoms with van der Waals surface area (Å²) in [5, 5.41) is 11.5. The van der Waals surface area contributed by atoms with Gasteiger partial charge in [0.25, 0.3) is 5.91 Å². The van der Waals surface area contributed by atoms with Crippen molar-refractivity contribution in [1.29, 1.82) is 0 Å². The van der Waals surface area contributed by atoms with Crippen molar-refractivity contribution < 1.29 is 14.7 Å². The molecule has 0 aliphatic rings. The maximum atomic E-state index is 11.9. The van der Waals surface area contributed by atoms with Gasteiger partial charge in [-0.3, -0.25) is 4.79 Å². The molecule has 0 heterocycles. The summed E-state index contributed by atoms with van der Waals surface area (Å²) in [6, 6.07) is 5.89. The van der Waals surface area contributed by atoms with Gasteiger partial charge in [0.1, 0.15) is 6.04 Å². The Kier molecular flexibility index (Phi) is 4.85. The molecular weight excluding hydrogens is 232 g/mol. The summed E-state index contributed by atoms with van der Waals surface area (Å²) < 4.78 is 0. The standard InChI is InChI=1S/C13H18N2O3/c1-8(2)11(13(17)18)15-12(16)10-5-3-9(7-14)4-6-10/h3-6,8,11H,7,14H2,1-2H3,(H,15,16)(H,17,18)/t11-/m1/s1. The number of carbonyl (C=O) groups is 2. The Morgan fingerprint density at radius 2 is 1.83 bits per heavy atom. The number of hydrogen-bond donors (Lipinski definition) is 3. The minimum atomic E-state index is -1.03. The quantitative estimate of drug-likeness (QED) is 0.726. The zero-order valence-electron chi connectivity index (χ0n) is 10.5. The highest BCUT2D eigenvalue weighted by Crippen LogP contribution is 2.07. The number of amides is 1. The lowest BCUT2D eigenvalue weighted by molar-refractivity contribution is -0.140. The van der Waals surface area contributed by atoms with E-state index >= 15 is 0 Å². The number of nitrogens with one attached hydrogen (secondary N) is 1. The molecule has 0 bridgehead atoms. The highest BCUT2D eigenvalue weighted by Gasteiger charge is 2.23. The summed E-state index contributed by atoms with van der Waals surface area (Å²) in [6.45, 7) is 3.90. The predicted molar refractivity (Wildman–Crippen MR) is 68.1 cm³/mol. The lowest BCUT2D eigenvalue weighted by atomic mass is 10.0. The minimum Gasteiger partial charge on any atom is -0.480 e. The predicted octanol–water partition coefficient (Wildman–Crippen LogP) is 0.984. The summed E-state index contributed by atoms with van der Waals surface area (Å²) >= 11 is 0. The maximum Gasteiger partial charge on any atom is 0.326 e. The largest absolute Gasteiger partial charge is 0.480 e. The van der Waals surface area contributed by atoms with Crippen molar-refractivity contribution >= 4 is 11.9 Å². The van der Waals surface area contributed by atoms with Crippen molar-refractivity contribution in [2.75, 3.05) is 0 Å². The number of rotatable bonds is 5. The van der Waals surface area contributed by atoms with Crippen LogP contribution in [-0.2, 0) is 11.3 Å². The van der Waals surface area contributed by atoms with Crippen LogP contribution < -0.4 is 11.1 Å². The fourth-order valence-corrected chi connectivity index (χ4v) is 1.53. The molecule has 0 fully saturated rings. The fraction of sp³-hybridized carbons (Fsp3) is 0.385. The van der Waals surface area contributed by atoms with E-state index in [0.29, 0.717) is 12.1 Å². The molecule has 5 nitrogen and oxygen atoms in total. The van der Waals surface area contributed by atoms with E-state index in [9.17, 15) is 9.59 Å². The van der Waals surface area contributed by atoms with Gasteiger partial charge in [0.05, 0.1) is 0 Å².